The number of aliphatic imine (C=N–C) groups is 1. The number of benzene rings is 1. The number of fused-ring (bicyclic) bond motifs is 1. The van der Waals surface area contributed by atoms with Crippen molar-refractivity contribution in [3.05, 3.63) is 52.9 Å². The minimum atomic E-state index is 0.560. The van der Waals surface area contributed by atoms with Crippen LogP contribution in [0.4, 0.5) is 5.82 Å². The Labute approximate surface area is 178 Å². The lowest BCUT2D eigenvalue weighted by Crippen LogP contribution is -2.37. The minimum Gasteiger partial charge on any atom is -0.363 e. The lowest BCUT2D eigenvalue weighted by molar-refractivity contribution is 0.380. The molecule has 1 aromatic carbocycles. The summed E-state index contributed by atoms with van der Waals surface area (Å²) < 4.78 is 5.48. The molecule has 2 aromatic heterocycles. The zero-order valence-corrected chi connectivity index (χ0v) is 18.6. The van der Waals surface area contributed by atoms with E-state index in [1.165, 1.54) is 0 Å². The Morgan fingerprint density at radius 3 is 2.60 bits per heavy atom. The molecule has 0 bridgehead atoms. The van der Waals surface area contributed by atoms with Crippen LogP contribution in [0.2, 0.25) is 0 Å². The normalized spacial score (nSPS) is 11.7. The Morgan fingerprint density at radius 2 is 1.90 bits per heavy atom. The Hall–Kier alpha value is -3.09. The summed E-state index contributed by atoms with van der Waals surface area (Å²) in [6, 6.07) is 10.3. The molecule has 0 unspecified atom stereocenters. The van der Waals surface area contributed by atoms with Crippen LogP contribution in [-0.2, 0) is 25.9 Å². The van der Waals surface area contributed by atoms with Crippen molar-refractivity contribution in [3.63, 3.8) is 0 Å². The van der Waals surface area contributed by atoms with E-state index in [4.69, 9.17) is 14.5 Å². The second-order valence-corrected chi connectivity index (χ2v) is 7.34. The number of nitrogens with zero attached hydrogens (tertiary/aromatic N) is 4. The molecule has 0 spiro atoms. The third-order valence-electron chi connectivity index (χ3n) is 5.04. The van der Waals surface area contributed by atoms with Gasteiger partial charge in [0.05, 0.1) is 17.8 Å². The fourth-order valence-electron chi connectivity index (χ4n) is 3.41. The van der Waals surface area contributed by atoms with Gasteiger partial charge in [0.2, 0.25) is 0 Å². The van der Waals surface area contributed by atoms with Crippen LogP contribution >= 0.6 is 0 Å². The van der Waals surface area contributed by atoms with Crippen LogP contribution in [0.15, 0.2) is 39.8 Å². The molecule has 30 heavy (non-hydrogen) atoms. The average Bonchev–Trinajstić information content (AvgIpc) is 3.17. The van der Waals surface area contributed by atoms with Gasteiger partial charge in [0.25, 0.3) is 0 Å². The quantitative estimate of drug-likeness (QED) is 0.437. The SMILES string of the molecule is CCNC(=NCc1cc(N(C)C)nc2ccccc12)NCc1c(CC)noc1CC. The van der Waals surface area contributed by atoms with Gasteiger partial charge in [0.15, 0.2) is 5.96 Å². The number of anilines is 1. The van der Waals surface area contributed by atoms with Crippen molar-refractivity contribution in [1.82, 2.24) is 20.8 Å². The number of pyridine rings is 1. The molecule has 0 atom stereocenters. The molecule has 0 amide bonds. The van der Waals surface area contributed by atoms with Crippen LogP contribution < -0.4 is 15.5 Å². The molecule has 0 fully saturated rings. The maximum Gasteiger partial charge on any atom is 0.191 e. The minimum absolute atomic E-state index is 0.560. The first kappa shape index (κ1) is 21.6. The van der Waals surface area contributed by atoms with Crippen molar-refractivity contribution in [3.8, 4) is 0 Å². The van der Waals surface area contributed by atoms with Gasteiger partial charge in [0.1, 0.15) is 11.6 Å². The van der Waals surface area contributed by atoms with Crippen LogP contribution in [0.25, 0.3) is 10.9 Å². The van der Waals surface area contributed by atoms with Gasteiger partial charge in [-0.25, -0.2) is 9.98 Å². The maximum absolute atomic E-state index is 5.48. The summed E-state index contributed by atoms with van der Waals surface area (Å²) in [7, 11) is 4.01. The number of rotatable bonds is 8. The largest absolute Gasteiger partial charge is 0.363 e. The molecule has 0 radical (unpaired) electrons. The molecule has 0 aliphatic carbocycles. The summed E-state index contributed by atoms with van der Waals surface area (Å²) in [6.07, 6.45) is 1.68. The number of aryl methyl sites for hydroxylation is 2. The highest BCUT2D eigenvalue weighted by atomic mass is 16.5. The topological polar surface area (TPSA) is 78.6 Å². The molecule has 2 heterocycles. The average molecular weight is 409 g/mol. The van der Waals surface area contributed by atoms with E-state index in [9.17, 15) is 0 Å². The lowest BCUT2D eigenvalue weighted by atomic mass is 10.1. The molecule has 0 aliphatic heterocycles. The lowest BCUT2D eigenvalue weighted by Gasteiger charge is -2.15. The highest BCUT2D eigenvalue weighted by Gasteiger charge is 2.14. The van der Waals surface area contributed by atoms with Crippen molar-refractivity contribution >= 4 is 22.7 Å². The Morgan fingerprint density at radius 1 is 1.10 bits per heavy atom. The van der Waals surface area contributed by atoms with Crippen LogP contribution in [0.3, 0.4) is 0 Å². The number of guanidine groups is 1. The van der Waals surface area contributed by atoms with Gasteiger partial charge in [-0.2, -0.15) is 0 Å². The summed E-state index contributed by atoms with van der Waals surface area (Å²) in [6.45, 7) is 8.23. The monoisotopic (exact) mass is 408 g/mol. The summed E-state index contributed by atoms with van der Waals surface area (Å²) in [5.74, 6) is 2.64. The molecule has 0 saturated heterocycles. The first-order valence-electron chi connectivity index (χ1n) is 10.6. The maximum atomic E-state index is 5.48. The number of aromatic nitrogens is 2. The summed E-state index contributed by atoms with van der Waals surface area (Å²) in [5, 5.41) is 12.1. The van der Waals surface area contributed by atoms with Crippen molar-refractivity contribution < 1.29 is 4.52 Å². The predicted molar refractivity (Wildman–Crippen MR) is 123 cm³/mol. The van der Waals surface area contributed by atoms with Crippen molar-refractivity contribution in [2.24, 2.45) is 4.99 Å². The van der Waals surface area contributed by atoms with Gasteiger partial charge in [-0.15, -0.1) is 0 Å². The summed E-state index contributed by atoms with van der Waals surface area (Å²) >= 11 is 0. The number of hydrogen-bond donors (Lipinski definition) is 2. The van der Waals surface area contributed by atoms with Crippen LogP contribution in [0.5, 0.6) is 0 Å². The summed E-state index contributed by atoms with van der Waals surface area (Å²) in [4.78, 5) is 11.6. The van der Waals surface area contributed by atoms with Crippen LogP contribution in [-0.4, -0.2) is 36.7 Å². The van der Waals surface area contributed by atoms with Crippen molar-refractivity contribution in [2.75, 3.05) is 25.5 Å². The molecular weight excluding hydrogens is 376 g/mol. The van der Waals surface area contributed by atoms with Gasteiger partial charge in [-0.1, -0.05) is 37.2 Å². The van der Waals surface area contributed by atoms with Gasteiger partial charge in [-0.3, -0.25) is 0 Å². The molecule has 3 rings (SSSR count). The fraction of sp³-hybridized carbons (Fsp3) is 0.435. The zero-order valence-electron chi connectivity index (χ0n) is 18.6. The van der Waals surface area contributed by atoms with E-state index in [1.54, 1.807) is 0 Å². The first-order valence-corrected chi connectivity index (χ1v) is 10.6. The second kappa shape index (κ2) is 10.1. The molecule has 7 heteroatoms. The molecule has 0 aliphatic rings. The van der Waals surface area contributed by atoms with Crippen LogP contribution in [0, 0.1) is 0 Å². The molecule has 160 valence electrons. The highest BCUT2D eigenvalue weighted by molar-refractivity contribution is 5.85. The highest BCUT2D eigenvalue weighted by Crippen LogP contribution is 2.23. The molecule has 0 saturated carbocycles. The first-order chi connectivity index (χ1) is 14.6. The third kappa shape index (κ3) is 4.90. The van der Waals surface area contributed by atoms with Gasteiger partial charge in [0, 0.05) is 44.6 Å². The van der Waals surface area contributed by atoms with E-state index < -0.39 is 0 Å². The number of hydrogen-bond acceptors (Lipinski definition) is 5. The van der Waals surface area contributed by atoms with Crippen LogP contribution in [0.1, 0.15) is 43.4 Å². The van der Waals surface area contributed by atoms with E-state index in [1.807, 2.05) is 37.2 Å². The van der Waals surface area contributed by atoms with Gasteiger partial charge >= 0.3 is 0 Å². The standard InChI is InChI=1S/C23H32N6O/c1-6-19-18(21(7-2)30-28-19)15-26-23(24-8-3)25-14-16-13-22(29(4)5)27-20-12-10-9-11-17(16)20/h9-13H,6-8,14-15H2,1-5H3,(H2,24,25,26). The third-order valence-corrected chi connectivity index (χ3v) is 5.04. The molecular formula is C23H32N6O. The smallest absolute Gasteiger partial charge is 0.191 e. The predicted octanol–water partition coefficient (Wildman–Crippen LogP) is 3.67. The van der Waals surface area contributed by atoms with E-state index in [-0.39, 0.29) is 0 Å². The van der Waals surface area contributed by atoms with Gasteiger partial charge in [-0.05, 0) is 31.0 Å². The second-order valence-electron chi connectivity index (χ2n) is 7.34. The summed E-state index contributed by atoms with van der Waals surface area (Å²) in [5.41, 5.74) is 4.27. The van der Waals surface area contributed by atoms with E-state index >= 15 is 0 Å². The Balaban J connectivity index is 1.84. The fourth-order valence-corrected chi connectivity index (χ4v) is 3.41. The Bertz CT molecular complexity index is 987. The molecule has 2 N–H and O–H groups in total. The van der Waals surface area contributed by atoms with E-state index in [2.05, 4.69) is 48.7 Å². The number of nitrogens with one attached hydrogen (secondary N) is 2. The van der Waals surface area contributed by atoms with E-state index in [0.717, 1.165) is 64.6 Å². The van der Waals surface area contributed by atoms with Crippen molar-refractivity contribution in [1.29, 1.82) is 0 Å². The van der Waals surface area contributed by atoms with E-state index in [0.29, 0.717) is 13.1 Å². The number of para-hydroxylation sites is 1. The zero-order chi connectivity index (χ0) is 21.5. The molecule has 3 aromatic rings. The van der Waals surface area contributed by atoms with Gasteiger partial charge < -0.3 is 20.1 Å². The van der Waals surface area contributed by atoms with Crippen molar-refractivity contribution in [2.45, 2.75) is 46.7 Å². The Kier molecular flexibility index (Phi) is 7.27. The molecule has 7 nitrogen and oxygen atoms in total.